The second-order valence-corrected chi connectivity index (χ2v) is 11.1. The Hall–Kier alpha value is -3.36. The molecule has 202 valence electrons. The van der Waals surface area contributed by atoms with E-state index in [2.05, 4.69) is 5.32 Å². The van der Waals surface area contributed by atoms with Crippen molar-refractivity contribution in [2.75, 3.05) is 23.9 Å². The number of sulfonamides is 1. The van der Waals surface area contributed by atoms with Crippen molar-refractivity contribution in [3.8, 4) is 0 Å². The summed E-state index contributed by atoms with van der Waals surface area (Å²) in [5.41, 5.74) is 1.32. The first kappa shape index (κ1) is 29.2. The monoisotopic (exact) mass is 555 g/mol. The third-order valence-electron chi connectivity index (χ3n) is 6.14. The zero-order chi connectivity index (χ0) is 27.5. The maximum Gasteiger partial charge on any atom is 0.264 e. The van der Waals surface area contributed by atoms with E-state index in [-0.39, 0.29) is 17.3 Å². The highest BCUT2D eigenvalue weighted by Gasteiger charge is 2.33. The largest absolute Gasteiger partial charge is 0.354 e. The van der Waals surface area contributed by atoms with E-state index in [1.807, 2.05) is 44.2 Å². The van der Waals surface area contributed by atoms with Crippen LogP contribution in [0.25, 0.3) is 0 Å². The number of hydrogen-bond donors (Lipinski definition) is 1. The lowest BCUT2D eigenvalue weighted by Crippen LogP contribution is -2.53. The van der Waals surface area contributed by atoms with Crippen LogP contribution >= 0.6 is 11.6 Å². The van der Waals surface area contributed by atoms with Gasteiger partial charge in [0, 0.05) is 18.1 Å². The molecule has 3 rings (SSSR count). The molecule has 0 saturated heterocycles. The zero-order valence-corrected chi connectivity index (χ0v) is 23.3. The Kier molecular flexibility index (Phi) is 10.7. The molecule has 0 aromatic heterocycles. The number of amides is 2. The molecular formula is C29H34ClN3O4S. The van der Waals surface area contributed by atoms with Crippen molar-refractivity contribution < 1.29 is 18.0 Å². The highest BCUT2D eigenvalue weighted by atomic mass is 35.5. The first-order valence-electron chi connectivity index (χ1n) is 12.7. The number of carbonyl (C=O) groups is 2. The summed E-state index contributed by atoms with van der Waals surface area (Å²) in [6.45, 7) is 4.09. The molecule has 1 atom stereocenters. The summed E-state index contributed by atoms with van der Waals surface area (Å²) in [5.74, 6) is -0.714. The van der Waals surface area contributed by atoms with E-state index < -0.39 is 28.5 Å². The van der Waals surface area contributed by atoms with Gasteiger partial charge in [0.2, 0.25) is 11.8 Å². The minimum atomic E-state index is -4.09. The Balaban J connectivity index is 1.97. The van der Waals surface area contributed by atoms with Gasteiger partial charge in [-0.3, -0.25) is 13.9 Å². The molecule has 3 aromatic rings. The van der Waals surface area contributed by atoms with E-state index in [0.717, 1.165) is 16.3 Å². The van der Waals surface area contributed by atoms with E-state index in [1.54, 1.807) is 42.5 Å². The number of anilines is 1. The second-order valence-electron chi connectivity index (χ2n) is 8.84. The Morgan fingerprint density at radius 2 is 1.50 bits per heavy atom. The Bertz CT molecular complexity index is 1290. The maximum atomic E-state index is 13.9. The molecule has 0 fully saturated rings. The van der Waals surface area contributed by atoms with Gasteiger partial charge in [0.15, 0.2) is 0 Å². The average Bonchev–Trinajstić information content (AvgIpc) is 2.94. The number of rotatable bonds is 13. The molecule has 0 radical (unpaired) electrons. The molecule has 0 saturated carbocycles. The summed E-state index contributed by atoms with van der Waals surface area (Å²) in [6, 6.07) is 23.2. The van der Waals surface area contributed by atoms with Crippen LogP contribution in [-0.4, -0.2) is 50.8 Å². The summed E-state index contributed by atoms with van der Waals surface area (Å²) in [6.07, 6.45) is 1.68. The van der Waals surface area contributed by atoms with Gasteiger partial charge >= 0.3 is 0 Å². The van der Waals surface area contributed by atoms with Crippen LogP contribution < -0.4 is 9.62 Å². The van der Waals surface area contributed by atoms with E-state index in [1.165, 1.54) is 17.0 Å². The van der Waals surface area contributed by atoms with E-state index in [0.29, 0.717) is 30.1 Å². The van der Waals surface area contributed by atoms with Crippen molar-refractivity contribution in [1.29, 1.82) is 0 Å². The lowest BCUT2D eigenvalue weighted by atomic mass is 10.1. The van der Waals surface area contributed by atoms with Crippen molar-refractivity contribution in [3.63, 3.8) is 0 Å². The van der Waals surface area contributed by atoms with Crippen LogP contribution in [0.2, 0.25) is 5.02 Å². The van der Waals surface area contributed by atoms with Gasteiger partial charge in [0.25, 0.3) is 10.0 Å². The SMILES string of the molecule is CCCNC(=O)[C@@H](CC)N(CCc1ccccc1)C(=O)CN(c1ccc(Cl)cc1)S(=O)(=O)c1ccccc1. The topological polar surface area (TPSA) is 86.8 Å². The quantitative estimate of drug-likeness (QED) is 0.324. The Morgan fingerprint density at radius 3 is 2.08 bits per heavy atom. The molecule has 38 heavy (non-hydrogen) atoms. The fraction of sp³-hybridized carbons (Fsp3) is 0.310. The fourth-order valence-corrected chi connectivity index (χ4v) is 5.68. The van der Waals surface area contributed by atoms with Crippen LogP contribution in [0.5, 0.6) is 0 Å². The lowest BCUT2D eigenvalue weighted by Gasteiger charge is -2.33. The van der Waals surface area contributed by atoms with Gasteiger partial charge in [0.1, 0.15) is 12.6 Å². The van der Waals surface area contributed by atoms with Crippen LogP contribution in [-0.2, 0) is 26.0 Å². The maximum absolute atomic E-state index is 13.9. The molecule has 0 unspecified atom stereocenters. The van der Waals surface area contributed by atoms with Crippen LogP contribution in [0, 0.1) is 0 Å². The molecule has 2 amide bonds. The van der Waals surface area contributed by atoms with Crippen LogP contribution in [0.3, 0.4) is 0 Å². The number of halogens is 1. The van der Waals surface area contributed by atoms with Gasteiger partial charge < -0.3 is 10.2 Å². The smallest absolute Gasteiger partial charge is 0.264 e. The van der Waals surface area contributed by atoms with Gasteiger partial charge in [-0.2, -0.15) is 0 Å². The van der Waals surface area contributed by atoms with Gasteiger partial charge in [-0.25, -0.2) is 8.42 Å². The minimum absolute atomic E-state index is 0.0614. The molecule has 0 spiro atoms. The average molecular weight is 556 g/mol. The number of carbonyl (C=O) groups excluding carboxylic acids is 2. The van der Waals surface area contributed by atoms with E-state index in [9.17, 15) is 18.0 Å². The summed E-state index contributed by atoms with van der Waals surface area (Å²) in [5, 5.41) is 3.33. The van der Waals surface area contributed by atoms with E-state index in [4.69, 9.17) is 11.6 Å². The van der Waals surface area contributed by atoms with Crippen LogP contribution in [0.4, 0.5) is 5.69 Å². The predicted molar refractivity (Wildman–Crippen MR) is 152 cm³/mol. The summed E-state index contributed by atoms with van der Waals surface area (Å²) < 4.78 is 28.5. The zero-order valence-electron chi connectivity index (χ0n) is 21.7. The van der Waals surface area contributed by atoms with Gasteiger partial charge in [-0.1, -0.05) is 74.0 Å². The first-order valence-corrected chi connectivity index (χ1v) is 14.5. The van der Waals surface area contributed by atoms with E-state index >= 15 is 0 Å². The number of nitrogens with zero attached hydrogens (tertiary/aromatic N) is 2. The summed E-state index contributed by atoms with van der Waals surface area (Å²) in [4.78, 5) is 28.5. The van der Waals surface area contributed by atoms with Crippen molar-refractivity contribution >= 4 is 39.1 Å². The van der Waals surface area contributed by atoms with Gasteiger partial charge in [0.05, 0.1) is 10.6 Å². The molecule has 0 bridgehead atoms. The first-order chi connectivity index (χ1) is 18.3. The lowest BCUT2D eigenvalue weighted by molar-refractivity contribution is -0.139. The molecule has 0 aliphatic heterocycles. The predicted octanol–water partition coefficient (Wildman–Crippen LogP) is 4.91. The minimum Gasteiger partial charge on any atom is -0.354 e. The van der Waals surface area contributed by atoms with Crippen molar-refractivity contribution in [1.82, 2.24) is 10.2 Å². The highest BCUT2D eigenvalue weighted by Crippen LogP contribution is 2.26. The Morgan fingerprint density at radius 1 is 0.895 bits per heavy atom. The molecule has 3 aromatic carbocycles. The molecule has 1 N–H and O–H groups in total. The molecular weight excluding hydrogens is 522 g/mol. The van der Waals surface area contributed by atoms with Crippen molar-refractivity contribution in [2.45, 2.75) is 44.0 Å². The molecule has 0 aliphatic carbocycles. The van der Waals surface area contributed by atoms with Crippen LogP contribution in [0.1, 0.15) is 32.3 Å². The second kappa shape index (κ2) is 14.0. The molecule has 0 aliphatic rings. The fourth-order valence-electron chi connectivity index (χ4n) is 4.12. The molecule has 7 nitrogen and oxygen atoms in total. The standard InChI is InChI=1S/C29H34ClN3O4S/c1-3-20-31-29(35)27(4-2)32(21-19-23-11-7-5-8-12-23)28(34)22-33(25-17-15-24(30)16-18-25)38(36,37)26-13-9-6-10-14-26/h5-18,27H,3-4,19-22H2,1-2H3,(H,31,35)/t27-/m1/s1. The summed E-state index contributed by atoms with van der Waals surface area (Å²) >= 11 is 6.05. The van der Waals surface area contributed by atoms with Crippen molar-refractivity contribution in [3.05, 3.63) is 95.5 Å². The number of nitrogens with one attached hydrogen (secondary N) is 1. The number of benzene rings is 3. The Labute approximate surface area is 230 Å². The van der Waals surface area contributed by atoms with Gasteiger partial charge in [-0.15, -0.1) is 0 Å². The van der Waals surface area contributed by atoms with Crippen LogP contribution in [0.15, 0.2) is 89.8 Å². The van der Waals surface area contributed by atoms with Crippen molar-refractivity contribution in [2.24, 2.45) is 0 Å². The third kappa shape index (κ3) is 7.58. The molecule has 9 heteroatoms. The highest BCUT2D eigenvalue weighted by molar-refractivity contribution is 7.92. The summed E-state index contributed by atoms with van der Waals surface area (Å²) in [7, 11) is -4.09. The number of hydrogen-bond acceptors (Lipinski definition) is 4. The van der Waals surface area contributed by atoms with Gasteiger partial charge in [-0.05, 0) is 61.2 Å². The molecule has 0 heterocycles. The normalized spacial score (nSPS) is 12.0. The third-order valence-corrected chi connectivity index (χ3v) is 8.18.